The van der Waals surface area contributed by atoms with Crippen molar-refractivity contribution in [2.24, 2.45) is 5.73 Å². The van der Waals surface area contributed by atoms with Crippen molar-refractivity contribution in [1.29, 1.82) is 5.41 Å². The SMILES string of the molecule is Cc1ccc([N+](=O)[O-])c(OCc2cccnc2C(=N)N)c1. The maximum absolute atomic E-state index is 11.0. The van der Waals surface area contributed by atoms with Crippen molar-refractivity contribution in [2.45, 2.75) is 13.5 Å². The smallest absolute Gasteiger partial charge is 0.310 e. The van der Waals surface area contributed by atoms with Crippen molar-refractivity contribution in [3.05, 3.63) is 63.5 Å². The van der Waals surface area contributed by atoms with E-state index in [2.05, 4.69) is 4.98 Å². The normalized spacial score (nSPS) is 10.1. The average Bonchev–Trinajstić information content (AvgIpc) is 2.45. The second kappa shape index (κ2) is 6.00. The maximum atomic E-state index is 11.0. The van der Waals surface area contributed by atoms with Crippen LogP contribution in [0.1, 0.15) is 16.8 Å². The van der Waals surface area contributed by atoms with Gasteiger partial charge in [-0.2, -0.15) is 0 Å². The van der Waals surface area contributed by atoms with Gasteiger partial charge in [0.15, 0.2) is 5.75 Å². The van der Waals surface area contributed by atoms with Crippen LogP contribution in [0.3, 0.4) is 0 Å². The van der Waals surface area contributed by atoms with Gasteiger partial charge in [-0.1, -0.05) is 12.1 Å². The lowest BCUT2D eigenvalue weighted by molar-refractivity contribution is -0.386. The zero-order chi connectivity index (χ0) is 15.4. The molecule has 2 aromatic rings. The minimum atomic E-state index is -0.496. The van der Waals surface area contributed by atoms with E-state index in [4.69, 9.17) is 15.9 Å². The Kier molecular flexibility index (Phi) is 4.13. The Labute approximate surface area is 121 Å². The summed E-state index contributed by atoms with van der Waals surface area (Å²) in [5, 5.41) is 18.4. The topological polar surface area (TPSA) is 115 Å². The minimum Gasteiger partial charge on any atom is -0.482 e. The van der Waals surface area contributed by atoms with Crippen molar-refractivity contribution < 1.29 is 9.66 Å². The molecule has 2 rings (SSSR count). The predicted molar refractivity (Wildman–Crippen MR) is 77.4 cm³/mol. The van der Waals surface area contributed by atoms with E-state index < -0.39 is 4.92 Å². The molecule has 0 radical (unpaired) electrons. The molecule has 0 saturated carbocycles. The van der Waals surface area contributed by atoms with Gasteiger partial charge in [0, 0.05) is 17.8 Å². The van der Waals surface area contributed by atoms with Gasteiger partial charge in [0.25, 0.3) is 0 Å². The summed E-state index contributed by atoms with van der Waals surface area (Å²) in [6, 6.07) is 8.05. The molecular formula is C14H14N4O3. The molecule has 0 saturated heterocycles. The lowest BCUT2D eigenvalue weighted by atomic mass is 10.2. The van der Waals surface area contributed by atoms with Crippen LogP contribution in [0.4, 0.5) is 5.69 Å². The quantitative estimate of drug-likeness (QED) is 0.378. The van der Waals surface area contributed by atoms with Gasteiger partial charge in [-0.25, -0.2) is 0 Å². The highest BCUT2D eigenvalue weighted by Gasteiger charge is 2.16. The van der Waals surface area contributed by atoms with Crippen LogP contribution in [0.15, 0.2) is 36.5 Å². The Morgan fingerprint density at radius 1 is 1.48 bits per heavy atom. The number of nitrogens with two attached hydrogens (primary N) is 1. The number of amidine groups is 1. The monoisotopic (exact) mass is 286 g/mol. The summed E-state index contributed by atoms with van der Waals surface area (Å²) in [7, 11) is 0. The van der Waals surface area contributed by atoms with Gasteiger partial charge in [-0.3, -0.25) is 20.5 Å². The molecule has 0 amide bonds. The predicted octanol–water partition coefficient (Wildman–Crippen LogP) is 2.16. The third-order valence-corrected chi connectivity index (χ3v) is 2.84. The number of nitro benzene ring substituents is 1. The van der Waals surface area contributed by atoms with E-state index in [0.29, 0.717) is 11.3 Å². The van der Waals surface area contributed by atoms with E-state index >= 15 is 0 Å². The van der Waals surface area contributed by atoms with E-state index in [1.807, 2.05) is 6.92 Å². The third kappa shape index (κ3) is 3.33. The number of nitro groups is 1. The zero-order valence-electron chi connectivity index (χ0n) is 11.4. The minimum absolute atomic E-state index is 0.0487. The van der Waals surface area contributed by atoms with E-state index in [-0.39, 0.29) is 23.9 Å². The lowest BCUT2D eigenvalue weighted by Crippen LogP contribution is -2.16. The number of benzene rings is 1. The Hall–Kier alpha value is -2.96. The van der Waals surface area contributed by atoms with Crippen molar-refractivity contribution in [3.63, 3.8) is 0 Å². The molecule has 0 spiro atoms. The Morgan fingerprint density at radius 3 is 2.90 bits per heavy atom. The number of pyridine rings is 1. The molecule has 3 N–H and O–H groups in total. The van der Waals surface area contributed by atoms with Crippen LogP contribution >= 0.6 is 0 Å². The average molecular weight is 286 g/mol. The third-order valence-electron chi connectivity index (χ3n) is 2.84. The van der Waals surface area contributed by atoms with Crippen LogP contribution in [0.2, 0.25) is 0 Å². The van der Waals surface area contributed by atoms with E-state index in [9.17, 15) is 10.1 Å². The molecule has 7 nitrogen and oxygen atoms in total. The van der Waals surface area contributed by atoms with Gasteiger partial charge in [0.1, 0.15) is 18.1 Å². The van der Waals surface area contributed by atoms with Crippen molar-refractivity contribution in [1.82, 2.24) is 4.98 Å². The van der Waals surface area contributed by atoms with E-state index in [0.717, 1.165) is 5.56 Å². The second-order valence-electron chi connectivity index (χ2n) is 4.44. The number of nitrogen functional groups attached to an aromatic ring is 1. The number of hydrogen-bond acceptors (Lipinski definition) is 5. The van der Waals surface area contributed by atoms with Gasteiger partial charge >= 0.3 is 5.69 Å². The summed E-state index contributed by atoms with van der Waals surface area (Å²) in [5.41, 5.74) is 7.11. The highest BCUT2D eigenvalue weighted by atomic mass is 16.6. The number of ether oxygens (including phenoxy) is 1. The maximum Gasteiger partial charge on any atom is 0.310 e. The van der Waals surface area contributed by atoms with Crippen molar-refractivity contribution in [2.75, 3.05) is 0 Å². The number of aryl methyl sites for hydroxylation is 1. The summed E-state index contributed by atoms with van der Waals surface area (Å²) < 4.78 is 5.52. The Balaban J connectivity index is 2.27. The highest BCUT2D eigenvalue weighted by molar-refractivity contribution is 5.94. The Bertz CT molecular complexity index is 700. The first-order valence-electron chi connectivity index (χ1n) is 6.15. The Morgan fingerprint density at radius 2 is 2.24 bits per heavy atom. The van der Waals surface area contributed by atoms with Gasteiger partial charge in [0.2, 0.25) is 0 Å². The highest BCUT2D eigenvalue weighted by Crippen LogP contribution is 2.28. The number of rotatable bonds is 5. The van der Waals surface area contributed by atoms with Gasteiger partial charge in [-0.05, 0) is 24.6 Å². The number of aromatic nitrogens is 1. The summed E-state index contributed by atoms with van der Waals surface area (Å²) in [5.74, 6) is 0.00583. The fraction of sp³-hybridized carbons (Fsp3) is 0.143. The second-order valence-corrected chi connectivity index (χ2v) is 4.44. The van der Waals surface area contributed by atoms with E-state index in [1.54, 1.807) is 24.3 Å². The summed E-state index contributed by atoms with van der Waals surface area (Å²) in [6.45, 7) is 1.87. The molecule has 0 atom stereocenters. The first-order chi connectivity index (χ1) is 9.99. The standard InChI is InChI=1S/C14H14N4O3/c1-9-4-5-11(18(19)20)12(7-9)21-8-10-3-2-6-17-13(10)14(15)16/h2-7H,8H2,1H3,(H3,15,16). The number of nitrogens with zero attached hydrogens (tertiary/aromatic N) is 2. The van der Waals surface area contributed by atoms with Gasteiger partial charge in [0.05, 0.1) is 4.92 Å². The molecule has 108 valence electrons. The molecule has 1 aromatic carbocycles. The van der Waals surface area contributed by atoms with Gasteiger partial charge in [-0.15, -0.1) is 0 Å². The van der Waals surface area contributed by atoms with E-state index in [1.165, 1.54) is 12.3 Å². The molecule has 1 heterocycles. The molecule has 7 heteroatoms. The first-order valence-corrected chi connectivity index (χ1v) is 6.15. The fourth-order valence-corrected chi connectivity index (χ4v) is 1.84. The van der Waals surface area contributed by atoms with Crippen LogP contribution in [-0.4, -0.2) is 15.7 Å². The molecule has 0 aliphatic rings. The molecule has 1 aromatic heterocycles. The summed E-state index contributed by atoms with van der Waals surface area (Å²) in [6.07, 6.45) is 1.52. The van der Waals surface area contributed by atoms with Crippen LogP contribution in [-0.2, 0) is 6.61 Å². The first kappa shape index (κ1) is 14.4. The fourth-order valence-electron chi connectivity index (χ4n) is 1.84. The molecule has 0 bridgehead atoms. The molecule has 0 fully saturated rings. The largest absolute Gasteiger partial charge is 0.482 e. The molecule has 0 unspecified atom stereocenters. The van der Waals surface area contributed by atoms with Crippen molar-refractivity contribution in [3.8, 4) is 5.75 Å². The van der Waals surface area contributed by atoms with Crippen LogP contribution in [0, 0.1) is 22.4 Å². The number of hydrogen-bond donors (Lipinski definition) is 2. The summed E-state index contributed by atoms with van der Waals surface area (Å²) in [4.78, 5) is 14.5. The lowest BCUT2D eigenvalue weighted by Gasteiger charge is -2.10. The molecule has 0 aliphatic carbocycles. The molecule has 21 heavy (non-hydrogen) atoms. The van der Waals surface area contributed by atoms with Crippen LogP contribution in [0.25, 0.3) is 0 Å². The zero-order valence-corrected chi connectivity index (χ0v) is 11.4. The molecular weight excluding hydrogens is 272 g/mol. The van der Waals surface area contributed by atoms with Crippen LogP contribution < -0.4 is 10.5 Å². The molecule has 0 aliphatic heterocycles. The van der Waals surface area contributed by atoms with Gasteiger partial charge < -0.3 is 10.5 Å². The van der Waals surface area contributed by atoms with Crippen molar-refractivity contribution >= 4 is 11.5 Å². The van der Waals surface area contributed by atoms with Crippen LogP contribution in [0.5, 0.6) is 5.75 Å². The number of nitrogens with one attached hydrogen (secondary N) is 1. The summed E-state index contributed by atoms with van der Waals surface area (Å²) >= 11 is 0.